The van der Waals surface area contributed by atoms with Crippen molar-refractivity contribution in [2.45, 2.75) is 18.5 Å². The molecule has 1 N–H and O–H groups in total. The molecule has 0 amide bonds. The van der Waals surface area contributed by atoms with Crippen LogP contribution in [0, 0.1) is 0 Å². The number of aromatic nitrogens is 3. The molecule has 0 bridgehead atoms. The topological polar surface area (TPSA) is 61.2 Å². The lowest BCUT2D eigenvalue weighted by atomic mass is 10.1. The van der Waals surface area contributed by atoms with Crippen molar-refractivity contribution in [1.29, 1.82) is 0 Å². The van der Waals surface area contributed by atoms with E-state index in [2.05, 4.69) is 27.8 Å². The summed E-state index contributed by atoms with van der Waals surface area (Å²) >= 11 is 1.56. The van der Waals surface area contributed by atoms with E-state index in [0.717, 1.165) is 39.3 Å². The van der Waals surface area contributed by atoms with Crippen LogP contribution in [0.2, 0.25) is 0 Å². The summed E-state index contributed by atoms with van der Waals surface area (Å²) in [6.45, 7) is 2.65. The van der Waals surface area contributed by atoms with Crippen LogP contribution in [-0.4, -0.2) is 28.6 Å². The van der Waals surface area contributed by atoms with E-state index < -0.39 is 0 Å². The average molecular weight is 380 g/mol. The van der Waals surface area contributed by atoms with Gasteiger partial charge in [-0.2, -0.15) is 0 Å². The number of rotatable bonds is 6. The van der Waals surface area contributed by atoms with Gasteiger partial charge in [0, 0.05) is 17.4 Å². The highest BCUT2D eigenvalue weighted by molar-refractivity contribution is 8.02. The van der Waals surface area contributed by atoms with Crippen LogP contribution in [0.15, 0.2) is 59.1 Å². The zero-order chi connectivity index (χ0) is 18.6. The number of fused-ring (bicyclic) bond motifs is 1. The quantitative estimate of drug-likeness (QED) is 0.699. The van der Waals surface area contributed by atoms with E-state index in [4.69, 9.17) is 9.47 Å². The third kappa shape index (κ3) is 3.78. The summed E-state index contributed by atoms with van der Waals surface area (Å²) < 4.78 is 12.7. The predicted molar refractivity (Wildman–Crippen MR) is 107 cm³/mol. The highest BCUT2D eigenvalue weighted by Gasteiger charge is 2.18. The maximum absolute atomic E-state index is 5.50. The van der Waals surface area contributed by atoms with Crippen molar-refractivity contribution in [1.82, 2.24) is 14.9 Å². The predicted octanol–water partition coefficient (Wildman–Crippen LogP) is 3.92. The van der Waals surface area contributed by atoms with Crippen molar-refractivity contribution in [3.8, 4) is 11.5 Å². The molecular formula is C20H20N4O2S. The molecule has 4 rings (SSSR count). The Labute approximate surface area is 162 Å². The standard InChI is InChI=1S/C20H20N4O2S/c1-3-26-17-8-4-14(5-9-17)12-19-21-22-20-24(19)23-18(13-27-20)15-6-10-16(25-2)11-7-15/h4-11,13,23H,3,12H2,1-2H3. The zero-order valence-electron chi connectivity index (χ0n) is 15.2. The first kappa shape index (κ1) is 17.5. The SMILES string of the molecule is CCOc1ccc(Cc2nnc3n2NC(c2ccc(OC)cc2)=CS3)cc1. The third-order valence-electron chi connectivity index (χ3n) is 4.21. The minimum Gasteiger partial charge on any atom is -0.497 e. The number of hydrogen-bond donors (Lipinski definition) is 1. The highest BCUT2D eigenvalue weighted by atomic mass is 32.2. The van der Waals surface area contributed by atoms with Crippen LogP contribution in [0.4, 0.5) is 0 Å². The molecule has 1 aliphatic rings. The average Bonchev–Trinajstić information content (AvgIpc) is 3.12. The van der Waals surface area contributed by atoms with Gasteiger partial charge >= 0.3 is 0 Å². The molecule has 3 aromatic rings. The van der Waals surface area contributed by atoms with Crippen LogP contribution >= 0.6 is 11.8 Å². The van der Waals surface area contributed by atoms with E-state index >= 15 is 0 Å². The maximum Gasteiger partial charge on any atom is 0.214 e. The van der Waals surface area contributed by atoms with Crippen LogP contribution in [0.5, 0.6) is 11.5 Å². The second-order valence-electron chi connectivity index (χ2n) is 5.98. The molecule has 0 atom stereocenters. The van der Waals surface area contributed by atoms with Crippen LogP contribution in [0.25, 0.3) is 5.70 Å². The van der Waals surface area contributed by atoms with E-state index in [9.17, 15) is 0 Å². The fraction of sp³-hybridized carbons (Fsp3) is 0.200. The van der Waals surface area contributed by atoms with E-state index in [1.165, 1.54) is 0 Å². The third-order valence-corrected chi connectivity index (χ3v) is 5.04. The van der Waals surface area contributed by atoms with Gasteiger partial charge in [0.25, 0.3) is 0 Å². The molecule has 0 unspecified atom stereocenters. The van der Waals surface area contributed by atoms with Crippen molar-refractivity contribution in [3.05, 3.63) is 70.9 Å². The van der Waals surface area contributed by atoms with Gasteiger partial charge in [-0.3, -0.25) is 5.43 Å². The first-order chi connectivity index (χ1) is 13.3. The van der Waals surface area contributed by atoms with Gasteiger partial charge in [0.2, 0.25) is 5.16 Å². The fourth-order valence-corrected chi connectivity index (χ4v) is 3.57. The summed E-state index contributed by atoms with van der Waals surface area (Å²) in [4.78, 5) is 0. The first-order valence-electron chi connectivity index (χ1n) is 8.71. The second-order valence-corrected chi connectivity index (χ2v) is 6.81. The Bertz CT molecular complexity index is 949. The summed E-state index contributed by atoms with van der Waals surface area (Å²) in [5, 5.41) is 11.5. The minimum absolute atomic E-state index is 0.665. The monoisotopic (exact) mass is 380 g/mol. The van der Waals surface area contributed by atoms with Gasteiger partial charge in [-0.05, 0) is 48.9 Å². The summed E-state index contributed by atoms with van der Waals surface area (Å²) in [6.07, 6.45) is 0.683. The lowest BCUT2D eigenvalue weighted by molar-refractivity contribution is 0.340. The molecule has 0 saturated heterocycles. The molecule has 0 saturated carbocycles. The maximum atomic E-state index is 5.50. The number of benzene rings is 2. The van der Waals surface area contributed by atoms with Gasteiger partial charge < -0.3 is 9.47 Å². The van der Waals surface area contributed by atoms with Crippen molar-refractivity contribution < 1.29 is 9.47 Å². The Morgan fingerprint density at radius 3 is 2.44 bits per heavy atom. The van der Waals surface area contributed by atoms with Crippen molar-refractivity contribution >= 4 is 17.5 Å². The molecule has 138 valence electrons. The molecule has 1 aliphatic heterocycles. The molecule has 0 radical (unpaired) electrons. The van der Waals surface area contributed by atoms with E-state index in [0.29, 0.717) is 13.0 Å². The van der Waals surface area contributed by atoms with Gasteiger partial charge in [-0.1, -0.05) is 23.9 Å². The molecular weight excluding hydrogens is 360 g/mol. The first-order valence-corrected chi connectivity index (χ1v) is 9.59. The van der Waals surface area contributed by atoms with Crippen LogP contribution in [0.1, 0.15) is 23.9 Å². The molecule has 0 spiro atoms. The van der Waals surface area contributed by atoms with Crippen molar-refractivity contribution in [3.63, 3.8) is 0 Å². The molecule has 2 heterocycles. The molecule has 2 aromatic carbocycles. The van der Waals surface area contributed by atoms with Crippen LogP contribution in [-0.2, 0) is 6.42 Å². The molecule has 27 heavy (non-hydrogen) atoms. The van der Waals surface area contributed by atoms with E-state index in [-0.39, 0.29) is 0 Å². The van der Waals surface area contributed by atoms with Crippen LogP contribution in [0.3, 0.4) is 0 Å². The van der Waals surface area contributed by atoms with Crippen LogP contribution < -0.4 is 14.9 Å². The van der Waals surface area contributed by atoms with Gasteiger partial charge in [0.15, 0.2) is 5.82 Å². The lowest BCUT2D eigenvalue weighted by Crippen LogP contribution is -2.20. The smallest absolute Gasteiger partial charge is 0.214 e. The normalized spacial score (nSPS) is 12.7. The highest BCUT2D eigenvalue weighted by Crippen LogP contribution is 2.29. The number of ether oxygens (including phenoxy) is 2. The van der Waals surface area contributed by atoms with Gasteiger partial charge in [-0.15, -0.1) is 10.2 Å². The Kier molecular flexibility index (Phi) is 5.02. The molecule has 7 heteroatoms. The largest absolute Gasteiger partial charge is 0.497 e. The fourth-order valence-electron chi connectivity index (χ4n) is 2.82. The Balaban J connectivity index is 1.52. The van der Waals surface area contributed by atoms with E-state index in [1.54, 1.807) is 18.9 Å². The zero-order valence-corrected chi connectivity index (χ0v) is 16.0. The van der Waals surface area contributed by atoms with Crippen molar-refractivity contribution in [2.75, 3.05) is 19.1 Å². The van der Waals surface area contributed by atoms with Gasteiger partial charge in [0.05, 0.1) is 19.4 Å². The van der Waals surface area contributed by atoms with E-state index in [1.807, 2.05) is 53.4 Å². The summed E-state index contributed by atoms with van der Waals surface area (Å²) in [7, 11) is 1.67. The Hall–Kier alpha value is -2.93. The summed E-state index contributed by atoms with van der Waals surface area (Å²) in [5.74, 6) is 2.58. The number of nitrogens with one attached hydrogen (secondary N) is 1. The lowest BCUT2D eigenvalue weighted by Gasteiger charge is -2.19. The number of thioether (sulfide) groups is 1. The molecule has 0 fully saturated rings. The van der Waals surface area contributed by atoms with Crippen molar-refractivity contribution in [2.24, 2.45) is 0 Å². The number of hydrogen-bond acceptors (Lipinski definition) is 6. The molecule has 1 aromatic heterocycles. The van der Waals surface area contributed by atoms with Gasteiger partial charge in [0.1, 0.15) is 11.5 Å². The summed E-state index contributed by atoms with van der Waals surface area (Å²) in [6, 6.07) is 16.0. The molecule has 0 aliphatic carbocycles. The summed E-state index contributed by atoms with van der Waals surface area (Å²) in [5.41, 5.74) is 6.65. The molecule has 6 nitrogen and oxygen atoms in total. The second kappa shape index (κ2) is 7.75. The number of methoxy groups -OCH3 is 1. The Morgan fingerprint density at radius 2 is 1.74 bits per heavy atom. The minimum atomic E-state index is 0.665. The number of nitrogens with zero attached hydrogens (tertiary/aromatic N) is 3. The van der Waals surface area contributed by atoms with Gasteiger partial charge in [-0.25, -0.2) is 4.68 Å². The Morgan fingerprint density at radius 1 is 1.00 bits per heavy atom.